The third-order valence-corrected chi connectivity index (χ3v) is 2.21. The molecule has 0 aromatic heterocycles. The predicted molar refractivity (Wildman–Crippen MR) is 53.4 cm³/mol. The van der Waals surface area contributed by atoms with Gasteiger partial charge in [-0.1, -0.05) is 18.2 Å². The van der Waals surface area contributed by atoms with E-state index in [0.29, 0.717) is 24.5 Å². The van der Waals surface area contributed by atoms with Gasteiger partial charge in [0.15, 0.2) is 6.10 Å². The van der Waals surface area contributed by atoms with Crippen LogP contribution in [0.3, 0.4) is 0 Å². The first-order chi connectivity index (χ1) is 6.59. The van der Waals surface area contributed by atoms with Crippen LogP contribution in [0.4, 0.5) is 0 Å². The predicted octanol–water partition coefficient (Wildman–Crippen LogP) is 0.961. The lowest BCUT2D eigenvalue weighted by Gasteiger charge is -2.11. The van der Waals surface area contributed by atoms with Gasteiger partial charge in [0.2, 0.25) is 0 Å². The van der Waals surface area contributed by atoms with Gasteiger partial charge >= 0.3 is 5.97 Å². The van der Waals surface area contributed by atoms with Crippen molar-refractivity contribution in [1.82, 2.24) is 5.32 Å². The van der Waals surface area contributed by atoms with E-state index in [1.807, 2.05) is 0 Å². The second kappa shape index (κ2) is 5.34. The van der Waals surface area contributed by atoms with Gasteiger partial charge in [-0.25, -0.2) is 4.79 Å². The number of rotatable bonds is 5. The number of ether oxygens (including phenoxy) is 1. The van der Waals surface area contributed by atoms with E-state index in [0.717, 1.165) is 6.42 Å². The molecule has 5 heteroatoms. The van der Waals surface area contributed by atoms with Crippen LogP contribution in [0.25, 0.3) is 0 Å². The Kier molecular flexibility index (Phi) is 4.38. The molecule has 1 rings (SSSR count). The van der Waals surface area contributed by atoms with Gasteiger partial charge in [0.1, 0.15) is 0 Å². The summed E-state index contributed by atoms with van der Waals surface area (Å²) in [6.07, 6.45) is 0.704. The van der Waals surface area contributed by atoms with E-state index in [1.165, 1.54) is 0 Å². The van der Waals surface area contributed by atoms with Crippen molar-refractivity contribution in [2.45, 2.75) is 25.0 Å². The largest absolute Gasteiger partial charge is 0.479 e. The van der Waals surface area contributed by atoms with Crippen LogP contribution in [0.15, 0.2) is 11.6 Å². The number of aliphatic carboxylic acids is 1. The topological polar surface area (TPSA) is 58.6 Å². The van der Waals surface area contributed by atoms with E-state index in [-0.39, 0.29) is 6.10 Å². The molecule has 1 saturated heterocycles. The van der Waals surface area contributed by atoms with Crippen molar-refractivity contribution < 1.29 is 14.6 Å². The summed E-state index contributed by atoms with van der Waals surface area (Å²) < 4.78 is 5.27. The van der Waals surface area contributed by atoms with Crippen molar-refractivity contribution >= 4 is 17.6 Å². The molecule has 14 heavy (non-hydrogen) atoms. The average molecular weight is 220 g/mol. The Morgan fingerprint density at radius 2 is 2.36 bits per heavy atom. The lowest BCUT2D eigenvalue weighted by molar-refractivity contribution is -0.149. The zero-order chi connectivity index (χ0) is 10.6. The van der Waals surface area contributed by atoms with E-state index < -0.39 is 12.1 Å². The highest BCUT2D eigenvalue weighted by Gasteiger charge is 2.29. The highest BCUT2D eigenvalue weighted by molar-refractivity contribution is 6.29. The summed E-state index contributed by atoms with van der Waals surface area (Å²) in [6, 6.07) is 0. The molecule has 4 nitrogen and oxygen atoms in total. The molecule has 2 atom stereocenters. The van der Waals surface area contributed by atoms with E-state index in [2.05, 4.69) is 11.9 Å². The lowest BCUT2D eigenvalue weighted by Crippen LogP contribution is -2.29. The molecule has 1 aliphatic heterocycles. The van der Waals surface area contributed by atoms with Crippen LogP contribution in [0.2, 0.25) is 0 Å². The third-order valence-electron chi connectivity index (χ3n) is 2.07. The Morgan fingerprint density at radius 3 is 2.86 bits per heavy atom. The van der Waals surface area contributed by atoms with E-state index >= 15 is 0 Å². The van der Waals surface area contributed by atoms with E-state index in [1.54, 1.807) is 0 Å². The number of nitrogens with one attached hydrogen (secondary N) is 1. The SMILES string of the molecule is C=C(Cl)CNCC1CCC(C(=O)O)O1. The highest BCUT2D eigenvalue weighted by atomic mass is 35.5. The molecule has 0 radical (unpaired) electrons. The van der Waals surface area contributed by atoms with Gasteiger partial charge in [0.25, 0.3) is 0 Å². The molecule has 0 bridgehead atoms. The molecule has 0 saturated carbocycles. The molecule has 2 N–H and O–H groups in total. The van der Waals surface area contributed by atoms with Crippen LogP contribution in [0.1, 0.15) is 12.8 Å². The molecule has 1 aliphatic rings. The first-order valence-electron chi connectivity index (χ1n) is 4.52. The van der Waals surface area contributed by atoms with Crippen molar-refractivity contribution in [2.24, 2.45) is 0 Å². The van der Waals surface area contributed by atoms with Crippen LogP contribution in [-0.2, 0) is 9.53 Å². The second-order valence-electron chi connectivity index (χ2n) is 3.31. The summed E-state index contributed by atoms with van der Waals surface area (Å²) in [5.41, 5.74) is 0. The summed E-state index contributed by atoms with van der Waals surface area (Å²) in [6.45, 7) is 4.68. The van der Waals surface area contributed by atoms with Gasteiger partial charge in [0, 0.05) is 18.1 Å². The highest BCUT2D eigenvalue weighted by Crippen LogP contribution is 2.19. The first-order valence-corrected chi connectivity index (χ1v) is 4.89. The lowest BCUT2D eigenvalue weighted by atomic mass is 10.2. The smallest absolute Gasteiger partial charge is 0.332 e. The molecule has 0 aromatic rings. The van der Waals surface area contributed by atoms with Crippen LogP contribution >= 0.6 is 11.6 Å². The van der Waals surface area contributed by atoms with Gasteiger partial charge in [0.05, 0.1) is 6.10 Å². The second-order valence-corrected chi connectivity index (χ2v) is 3.85. The fourth-order valence-corrected chi connectivity index (χ4v) is 1.50. The Labute approximate surface area is 87.9 Å². The van der Waals surface area contributed by atoms with Gasteiger partial charge in [-0.05, 0) is 12.8 Å². The number of hydrogen-bond donors (Lipinski definition) is 2. The number of carboxylic acid groups (broad SMARTS) is 1. The van der Waals surface area contributed by atoms with E-state index in [4.69, 9.17) is 21.4 Å². The fraction of sp³-hybridized carbons (Fsp3) is 0.667. The Bertz CT molecular complexity index is 232. The maximum absolute atomic E-state index is 10.5. The Morgan fingerprint density at radius 1 is 1.64 bits per heavy atom. The molecule has 0 spiro atoms. The number of carboxylic acids is 1. The van der Waals surface area contributed by atoms with Crippen LogP contribution < -0.4 is 5.32 Å². The van der Waals surface area contributed by atoms with Crippen molar-refractivity contribution in [3.8, 4) is 0 Å². The van der Waals surface area contributed by atoms with E-state index in [9.17, 15) is 4.79 Å². The van der Waals surface area contributed by atoms with Crippen molar-refractivity contribution in [3.05, 3.63) is 11.6 Å². The molecule has 80 valence electrons. The summed E-state index contributed by atoms with van der Waals surface area (Å²) >= 11 is 5.55. The normalized spacial score (nSPS) is 26.4. The minimum absolute atomic E-state index is 0.0212. The summed E-state index contributed by atoms with van der Waals surface area (Å²) in [5.74, 6) is -0.880. The summed E-state index contributed by atoms with van der Waals surface area (Å²) in [5, 5.41) is 12.2. The molecule has 2 unspecified atom stereocenters. The number of halogens is 1. The van der Waals surface area contributed by atoms with Gasteiger partial charge in [-0.3, -0.25) is 0 Å². The maximum atomic E-state index is 10.5. The number of carbonyl (C=O) groups is 1. The van der Waals surface area contributed by atoms with Crippen molar-refractivity contribution in [3.63, 3.8) is 0 Å². The van der Waals surface area contributed by atoms with Crippen molar-refractivity contribution in [2.75, 3.05) is 13.1 Å². The third kappa shape index (κ3) is 3.65. The maximum Gasteiger partial charge on any atom is 0.332 e. The Balaban J connectivity index is 2.16. The minimum atomic E-state index is -0.880. The standard InChI is InChI=1S/C9H14ClNO3/c1-6(10)4-11-5-7-2-3-8(14-7)9(12)13/h7-8,11H,1-5H2,(H,12,13). The molecular formula is C9H14ClNO3. The monoisotopic (exact) mass is 219 g/mol. The zero-order valence-corrected chi connectivity index (χ0v) is 8.59. The van der Waals surface area contributed by atoms with Gasteiger partial charge in [-0.15, -0.1) is 0 Å². The first kappa shape index (κ1) is 11.5. The molecular weight excluding hydrogens is 206 g/mol. The molecule has 0 aliphatic carbocycles. The minimum Gasteiger partial charge on any atom is -0.479 e. The molecule has 0 aromatic carbocycles. The molecule has 1 fully saturated rings. The molecule has 1 heterocycles. The molecule has 0 amide bonds. The number of hydrogen-bond acceptors (Lipinski definition) is 3. The fourth-order valence-electron chi connectivity index (χ4n) is 1.41. The summed E-state index contributed by atoms with van der Waals surface area (Å²) in [7, 11) is 0. The summed E-state index contributed by atoms with van der Waals surface area (Å²) in [4.78, 5) is 10.5. The van der Waals surface area contributed by atoms with Crippen LogP contribution in [-0.4, -0.2) is 36.4 Å². The van der Waals surface area contributed by atoms with Crippen LogP contribution in [0.5, 0.6) is 0 Å². The van der Waals surface area contributed by atoms with Crippen molar-refractivity contribution in [1.29, 1.82) is 0 Å². The average Bonchev–Trinajstić information content (AvgIpc) is 2.52. The Hall–Kier alpha value is -0.580. The van der Waals surface area contributed by atoms with Gasteiger partial charge < -0.3 is 15.2 Å². The van der Waals surface area contributed by atoms with Crippen LogP contribution in [0, 0.1) is 0 Å². The van der Waals surface area contributed by atoms with Gasteiger partial charge in [-0.2, -0.15) is 0 Å². The quantitative estimate of drug-likeness (QED) is 0.723. The zero-order valence-electron chi connectivity index (χ0n) is 7.83.